The van der Waals surface area contributed by atoms with Crippen molar-refractivity contribution in [1.82, 2.24) is 14.8 Å². The summed E-state index contributed by atoms with van der Waals surface area (Å²) in [4.78, 5) is 21.1. The van der Waals surface area contributed by atoms with Gasteiger partial charge in [0.05, 0.1) is 5.02 Å². The fourth-order valence-corrected chi connectivity index (χ4v) is 3.51. The molecule has 2 unspecified atom stereocenters. The normalized spacial score (nSPS) is 26.6. The summed E-state index contributed by atoms with van der Waals surface area (Å²) in [5.74, 6) is -0.114. The van der Waals surface area contributed by atoms with Crippen LogP contribution in [0.2, 0.25) is 10.2 Å². The van der Waals surface area contributed by atoms with E-state index in [0.717, 1.165) is 26.1 Å². The first kappa shape index (κ1) is 14.1. The monoisotopic (exact) mass is 313 g/mol. The Kier molecular flexibility index (Phi) is 3.89. The van der Waals surface area contributed by atoms with Gasteiger partial charge in [-0.3, -0.25) is 9.69 Å². The van der Waals surface area contributed by atoms with Crippen molar-refractivity contribution in [3.63, 3.8) is 0 Å². The molecule has 0 aromatic carbocycles. The summed E-state index contributed by atoms with van der Waals surface area (Å²) in [6, 6.07) is 3.88. The molecule has 2 aliphatic rings. The lowest BCUT2D eigenvalue weighted by molar-refractivity contribution is 0.0390. The average molecular weight is 314 g/mol. The number of halogens is 2. The van der Waals surface area contributed by atoms with Crippen LogP contribution >= 0.6 is 23.2 Å². The smallest absolute Gasteiger partial charge is 0.274 e. The van der Waals surface area contributed by atoms with Gasteiger partial charge < -0.3 is 4.90 Å². The third kappa shape index (κ3) is 2.52. The molecule has 1 aromatic heterocycles. The van der Waals surface area contributed by atoms with Crippen LogP contribution in [0.1, 0.15) is 30.3 Å². The summed E-state index contributed by atoms with van der Waals surface area (Å²) >= 11 is 12.0. The van der Waals surface area contributed by atoms with E-state index in [0.29, 0.717) is 16.2 Å². The number of aromatic nitrogens is 1. The van der Waals surface area contributed by atoms with Gasteiger partial charge in [-0.15, -0.1) is 0 Å². The molecule has 3 heterocycles. The fourth-order valence-electron chi connectivity index (χ4n) is 3.17. The summed E-state index contributed by atoms with van der Waals surface area (Å²) in [6.45, 7) is 4.90. The fraction of sp³-hybridized carbons (Fsp3) is 0.571. The minimum atomic E-state index is -0.114. The molecule has 0 aliphatic carbocycles. The van der Waals surface area contributed by atoms with Crippen molar-refractivity contribution in [2.45, 2.75) is 31.8 Å². The summed E-state index contributed by atoms with van der Waals surface area (Å²) in [6.07, 6.45) is 2.38. The van der Waals surface area contributed by atoms with Crippen molar-refractivity contribution < 1.29 is 4.79 Å². The molecule has 4 nitrogen and oxygen atoms in total. The molecule has 108 valence electrons. The second-order valence-electron chi connectivity index (χ2n) is 5.56. The highest BCUT2D eigenvalue weighted by atomic mass is 35.5. The molecule has 1 aromatic rings. The van der Waals surface area contributed by atoms with Gasteiger partial charge in [0.15, 0.2) is 0 Å². The number of hydrogen-bond acceptors (Lipinski definition) is 3. The van der Waals surface area contributed by atoms with Gasteiger partial charge in [-0.25, -0.2) is 4.98 Å². The van der Waals surface area contributed by atoms with Crippen molar-refractivity contribution in [3.8, 4) is 0 Å². The minimum Gasteiger partial charge on any atom is -0.332 e. The number of carbonyl (C=O) groups is 1. The number of fused-ring (bicyclic) bond motifs is 1. The molecule has 6 heteroatoms. The van der Waals surface area contributed by atoms with Gasteiger partial charge in [0.1, 0.15) is 10.8 Å². The van der Waals surface area contributed by atoms with E-state index in [9.17, 15) is 4.79 Å². The molecule has 3 rings (SSSR count). The van der Waals surface area contributed by atoms with Gasteiger partial charge >= 0.3 is 0 Å². The number of amides is 1. The number of nitrogens with zero attached hydrogens (tertiary/aromatic N) is 3. The third-order valence-corrected chi connectivity index (χ3v) is 4.73. The quantitative estimate of drug-likeness (QED) is 0.748. The number of carbonyl (C=O) groups excluding carboxylic acids is 1. The summed E-state index contributed by atoms with van der Waals surface area (Å²) in [5.41, 5.74) is 0.262. The van der Waals surface area contributed by atoms with Gasteiger partial charge in [-0.2, -0.15) is 0 Å². The number of hydrogen-bond donors (Lipinski definition) is 0. The van der Waals surface area contributed by atoms with Gasteiger partial charge in [0.2, 0.25) is 0 Å². The zero-order chi connectivity index (χ0) is 14.3. The largest absolute Gasteiger partial charge is 0.332 e. The third-order valence-electron chi connectivity index (χ3n) is 4.21. The van der Waals surface area contributed by atoms with E-state index in [2.05, 4.69) is 16.8 Å². The first-order chi connectivity index (χ1) is 9.56. The molecule has 0 radical (unpaired) electrons. The first-order valence-corrected chi connectivity index (χ1v) is 7.69. The molecule has 0 N–H and O–H groups in total. The highest BCUT2D eigenvalue weighted by molar-refractivity contribution is 6.34. The molecule has 0 saturated carbocycles. The molecule has 2 saturated heterocycles. The van der Waals surface area contributed by atoms with Crippen LogP contribution in [0, 0.1) is 0 Å². The Hall–Kier alpha value is -0.840. The van der Waals surface area contributed by atoms with E-state index < -0.39 is 0 Å². The zero-order valence-electron chi connectivity index (χ0n) is 11.4. The highest BCUT2D eigenvalue weighted by Gasteiger charge is 2.37. The Morgan fingerprint density at radius 2 is 2.15 bits per heavy atom. The maximum Gasteiger partial charge on any atom is 0.274 e. The molecule has 1 amide bonds. The van der Waals surface area contributed by atoms with E-state index in [1.165, 1.54) is 6.42 Å². The highest BCUT2D eigenvalue weighted by Crippen LogP contribution is 2.27. The van der Waals surface area contributed by atoms with E-state index in [1.54, 1.807) is 12.1 Å². The van der Waals surface area contributed by atoms with E-state index in [4.69, 9.17) is 23.2 Å². The summed E-state index contributed by atoms with van der Waals surface area (Å²) in [7, 11) is 0. The lowest BCUT2D eigenvalue weighted by Crippen LogP contribution is -2.56. The van der Waals surface area contributed by atoms with Gasteiger partial charge in [0, 0.05) is 25.2 Å². The predicted molar refractivity (Wildman–Crippen MR) is 79.4 cm³/mol. The maximum absolute atomic E-state index is 12.7. The molecule has 0 spiro atoms. The van der Waals surface area contributed by atoms with Crippen molar-refractivity contribution in [3.05, 3.63) is 28.0 Å². The Bertz CT molecular complexity index is 537. The molecular weight excluding hydrogens is 297 g/mol. The van der Waals surface area contributed by atoms with Crippen LogP contribution in [0.25, 0.3) is 0 Å². The molecule has 2 atom stereocenters. The number of piperazine rings is 1. The molecule has 2 fully saturated rings. The summed E-state index contributed by atoms with van der Waals surface area (Å²) in [5, 5.41) is 0.658. The predicted octanol–water partition coefficient (Wildman–Crippen LogP) is 2.70. The zero-order valence-corrected chi connectivity index (χ0v) is 12.9. The lowest BCUT2D eigenvalue weighted by atomic mass is 10.1. The van der Waals surface area contributed by atoms with E-state index in [1.807, 2.05) is 4.90 Å². The number of rotatable bonds is 1. The Morgan fingerprint density at radius 3 is 2.95 bits per heavy atom. The summed E-state index contributed by atoms with van der Waals surface area (Å²) < 4.78 is 0. The second-order valence-corrected chi connectivity index (χ2v) is 6.36. The maximum atomic E-state index is 12.7. The molecule has 0 bridgehead atoms. The molecule has 20 heavy (non-hydrogen) atoms. The van der Waals surface area contributed by atoms with Crippen LogP contribution < -0.4 is 0 Å². The SMILES string of the molecule is CC1CN2CCCC2CN1C(=O)c1nc(Cl)ccc1Cl. The standard InChI is InChI=1S/C14H17Cl2N3O/c1-9-7-18-6-2-3-10(18)8-19(9)14(20)13-11(15)4-5-12(16)17-13/h4-5,9-10H,2-3,6-8H2,1H3. The Labute approximate surface area is 128 Å². The number of pyridine rings is 1. The van der Waals surface area contributed by atoms with Crippen molar-refractivity contribution in [1.29, 1.82) is 0 Å². The lowest BCUT2D eigenvalue weighted by Gasteiger charge is -2.42. The average Bonchev–Trinajstić information content (AvgIpc) is 2.87. The van der Waals surface area contributed by atoms with Crippen molar-refractivity contribution in [2.24, 2.45) is 0 Å². The first-order valence-electron chi connectivity index (χ1n) is 6.93. The van der Waals surface area contributed by atoms with Crippen LogP contribution in [0.4, 0.5) is 0 Å². The van der Waals surface area contributed by atoms with Crippen LogP contribution in [0.15, 0.2) is 12.1 Å². The second kappa shape index (κ2) is 5.51. The Morgan fingerprint density at radius 1 is 1.35 bits per heavy atom. The Balaban J connectivity index is 1.84. The minimum absolute atomic E-state index is 0.114. The van der Waals surface area contributed by atoms with E-state index in [-0.39, 0.29) is 17.6 Å². The van der Waals surface area contributed by atoms with Gasteiger partial charge in [-0.05, 0) is 38.4 Å². The topological polar surface area (TPSA) is 36.4 Å². The van der Waals surface area contributed by atoms with Crippen LogP contribution in [0.5, 0.6) is 0 Å². The van der Waals surface area contributed by atoms with Crippen LogP contribution in [-0.2, 0) is 0 Å². The molecular formula is C14H17Cl2N3O. The van der Waals surface area contributed by atoms with Gasteiger partial charge in [0.25, 0.3) is 5.91 Å². The van der Waals surface area contributed by atoms with Gasteiger partial charge in [-0.1, -0.05) is 23.2 Å². The van der Waals surface area contributed by atoms with E-state index >= 15 is 0 Å². The van der Waals surface area contributed by atoms with Crippen LogP contribution in [0.3, 0.4) is 0 Å². The molecule has 2 aliphatic heterocycles. The van der Waals surface area contributed by atoms with Crippen molar-refractivity contribution in [2.75, 3.05) is 19.6 Å². The van der Waals surface area contributed by atoms with Crippen molar-refractivity contribution >= 4 is 29.1 Å². The van der Waals surface area contributed by atoms with Crippen LogP contribution in [-0.4, -0.2) is 52.4 Å².